The summed E-state index contributed by atoms with van der Waals surface area (Å²) < 4.78 is 12.0. The molecule has 1 aliphatic heterocycles. The van der Waals surface area contributed by atoms with Gasteiger partial charge in [-0.1, -0.05) is 26.8 Å². The molecular weight excluding hydrogens is 306 g/mol. The average Bonchev–Trinajstić information content (AvgIpc) is 2.84. The number of rotatable bonds is 6. The minimum absolute atomic E-state index is 0.0495. The SMILES string of the molecule is CC(C)(C)[Si](C)(C)OCCC[C@H]1[C@@H](O)CO[C@H]1c1cccnc1. The molecule has 3 atom stereocenters. The number of aliphatic hydroxyl groups excluding tert-OH is 1. The molecule has 1 aliphatic rings. The second kappa shape index (κ2) is 7.43. The quantitative estimate of drug-likeness (QED) is 0.631. The summed E-state index contributed by atoms with van der Waals surface area (Å²) in [5.74, 6) is 0.127. The number of hydrogen-bond donors (Lipinski definition) is 1. The smallest absolute Gasteiger partial charge is 0.191 e. The third-order valence-electron chi connectivity index (χ3n) is 5.29. The molecule has 5 heteroatoms. The minimum atomic E-state index is -1.68. The van der Waals surface area contributed by atoms with Gasteiger partial charge >= 0.3 is 0 Å². The van der Waals surface area contributed by atoms with Gasteiger partial charge in [0.05, 0.1) is 18.8 Å². The van der Waals surface area contributed by atoms with Crippen LogP contribution in [0.2, 0.25) is 18.1 Å². The summed E-state index contributed by atoms with van der Waals surface area (Å²) in [6.45, 7) is 12.5. The largest absolute Gasteiger partial charge is 0.417 e. The zero-order valence-electron chi connectivity index (χ0n) is 15.1. The summed E-state index contributed by atoms with van der Waals surface area (Å²) in [5.41, 5.74) is 1.05. The highest BCUT2D eigenvalue weighted by molar-refractivity contribution is 6.74. The zero-order chi connectivity index (χ0) is 17.1. The van der Waals surface area contributed by atoms with E-state index in [1.807, 2.05) is 18.3 Å². The van der Waals surface area contributed by atoms with Gasteiger partial charge < -0.3 is 14.3 Å². The van der Waals surface area contributed by atoms with Crippen LogP contribution in [-0.4, -0.2) is 37.7 Å². The van der Waals surface area contributed by atoms with Crippen LogP contribution in [0.15, 0.2) is 24.5 Å². The molecule has 1 aromatic rings. The average molecular weight is 338 g/mol. The van der Waals surface area contributed by atoms with Crippen molar-refractivity contribution in [3.05, 3.63) is 30.1 Å². The van der Waals surface area contributed by atoms with Gasteiger partial charge in [0.15, 0.2) is 8.32 Å². The molecule has 0 aliphatic carbocycles. The third kappa shape index (κ3) is 4.63. The Morgan fingerprint density at radius 3 is 2.74 bits per heavy atom. The van der Waals surface area contributed by atoms with E-state index in [4.69, 9.17) is 9.16 Å². The normalized spacial score (nSPS) is 25.7. The first-order valence-corrected chi connectivity index (χ1v) is 11.5. The molecule has 2 rings (SSSR count). The summed E-state index contributed by atoms with van der Waals surface area (Å²) in [4.78, 5) is 4.16. The number of aliphatic hydroxyl groups is 1. The topological polar surface area (TPSA) is 51.6 Å². The van der Waals surface area contributed by atoms with Gasteiger partial charge in [0.2, 0.25) is 0 Å². The molecule has 0 bridgehead atoms. The Bertz CT molecular complexity index is 487. The fourth-order valence-electron chi connectivity index (χ4n) is 2.75. The van der Waals surface area contributed by atoms with E-state index in [1.54, 1.807) is 6.20 Å². The fourth-order valence-corrected chi connectivity index (χ4v) is 3.83. The Morgan fingerprint density at radius 2 is 2.13 bits per heavy atom. The summed E-state index contributed by atoms with van der Waals surface area (Å²) in [6, 6.07) is 3.94. The van der Waals surface area contributed by atoms with Crippen LogP contribution in [0, 0.1) is 5.92 Å². The third-order valence-corrected chi connectivity index (χ3v) is 9.83. The van der Waals surface area contributed by atoms with Crippen molar-refractivity contribution in [2.45, 2.75) is 64.0 Å². The zero-order valence-corrected chi connectivity index (χ0v) is 16.1. The highest BCUT2D eigenvalue weighted by atomic mass is 28.4. The van der Waals surface area contributed by atoms with E-state index in [2.05, 4.69) is 38.8 Å². The van der Waals surface area contributed by atoms with E-state index in [0.717, 1.165) is 25.0 Å². The fraction of sp³-hybridized carbons (Fsp3) is 0.722. The highest BCUT2D eigenvalue weighted by Crippen LogP contribution is 2.39. The molecule has 0 radical (unpaired) electrons. The van der Waals surface area contributed by atoms with Gasteiger partial charge in [-0.15, -0.1) is 0 Å². The van der Waals surface area contributed by atoms with Crippen LogP contribution >= 0.6 is 0 Å². The van der Waals surface area contributed by atoms with Gasteiger partial charge in [0.25, 0.3) is 0 Å². The van der Waals surface area contributed by atoms with Crippen molar-refractivity contribution in [1.29, 1.82) is 0 Å². The molecule has 1 aromatic heterocycles. The van der Waals surface area contributed by atoms with Crippen LogP contribution in [-0.2, 0) is 9.16 Å². The summed E-state index contributed by atoms with van der Waals surface area (Å²) in [7, 11) is -1.68. The van der Waals surface area contributed by atoms with Gasteiger partial charge in [0.1, 0.15) is 0 Å². The summed E-state index contributed by atoms with van der Waals surface area (Å²) in [6.07, 6.45) is 5.02. The molecule has 1 fully saturated rings. The standard InChI is InChI=1S/C18H31NO3Si/c1-18(2,3)23(4,5)22-11-7-9-15-16(20)13-21-17(15)14-8-6-10-19-12-14/h6,8,10,12,15-17,20H,7,9,11,13H2,1-5H3/t15-,16-,17-/m0/s1. The molecule has 2 heterocycles. The summed E-state index contributed by atoms with van der Waals surface area (Å²) in [5, 5.41) is 10.5. The van der Waals surface area contributed by atoms with Crippen LogP contribution < -0.4 is 0 Å². The predicted octanol–water partition coefficient (Wildman–Crippen LogP) is 3.93. The van der Waals surface area contributed by atoms with Crippen LogP contribution in [0.4, 0.5) is 0 Å². The monoisotopic (exact) mass is 337 g/mol. The second-order valence-electron chi connectivity index (χ2n) is 8.02. The van der Waals surface area contributed by atoms with Crippen LogP contribution in [0.25, 0.3) is 0 Å². The number of nitrogens with zero attached hydrogens (tertiary/aromatic N) is 1. The van der Waals surface area contributed by atoms with Crippen molar-refractivity contribution in [2.75, 3.05) is 13.2 Å². The lowest BCUT2D eigenvalue weighted by Crippen LogP contribution is -2.41. The maximum Gasteiger partial charge on any atom is 0.191 e. The van der Waals surface area contributed by atoms with E-state index in [9.17, 15) is 5.11 Å². The van der Waals surface area contributed by atoms with Crippen molar-refractivity contribution in [1.82, 2.24) is 4.98 Å². The van der Waals surface area contributed by atoms with Gasteiger partial charge in [-0.3, -0.25) is 4.98 Å². The maximum atomic E-state index is 10.2. The van der Waals surface area contributed by atoms with E-state index in [-0.39, 0.29) is 17.1 Å². The Kier molecular flexibility index (Phi) is 6.00. The van der Waals surface area contributed by atoms with Crippen molar-refractivity contribution in [3.63, 3.8) is 0 Å². The van der Waals surface area contributed by atoms with Crippen molar-refractivity contribution in [2.24, 2.45) is 5.92 Å². The predicted molar refractivity (Wildman–Crippen MR) is 94.8 cm³/mol. The molecule has 0 unspecified atom stereocenters. The molecule has 0 spiro atoms. The summed E-state index contributed by atoms with van der Waals surface area (Å²) >= 11 is 0. The molecule has 0 saturated carbocycles. The number of pyridine rings is 1. The molecule has 1 saturated heterocycles. The lowest BCUT2D eigenvalue weighted by molar-refractivity contribution is 0.0840. The number of hydrogen-bond acceptors (Lipinski definition) is 4. The first-order chi connectivity index (χ1) is 10.7. The van der Waals surface area contributed by atoms with Crippen molar-refractivity contribution >= 4 is 8.32 Å². The van der Waals surface area contributed by atoms with Crippen LogP contribution in [0.3, 0.4) is 0 Å². The number of ether oxygens (including phenoxy) is 1. The van der Waals surface area contributed by atoms with E-state index < -0.39 is 14.4 Å². The molecule has 0 amide bonds. The van der Waals surface area contributed by atoms with Crippen LogP contribution in [0.5, 0.6) is 0 Å². The van der Waals surface area contributed by atoms with Gasteiger partial charge in [-0.05, 0) is 42.6 Å². The minimum Gasteiger partial charge on any atom is -0.417 e. The van der Waals surface area contributed by atoms with Crippen molar-refractivity contribution in [3.8, 4) is 0 Å². The Hall–Kier alpha value is -0.753. The lowest BCUT2D eigenvalue weighted by atomic mass is 9.90. The second-order valence-corrected chi connectivity index (χ2v) is 12.8. The van der Waals surface area contributed by atoms with Gasteiger partial charge in [-0.2, -0.15) is 0 Å². The molecule has 4 nitrogen and oxygen atoms in total. The molecular formula is C18H31NO3Si. The maximum absolute atomic E-state index is 10.2. The van der Waals surface area contributed by atoms with E-state index in [1.165, 1.54) is 0 Å². The first-order valence-electron chi connectivity index (χ1n) is 8.56. The molecule has 0 aromatic carbocycles. The van der Waals surface area contributed by atoms with E-state index >= 15 is 0 Å². The molecule has 1 N–H and O–H groups in total. The number of aromatic nitrogens is 1. The Balaban J connectivity index is 1.86. The van der Waals surface area contributed by atoms with E-state index in [0.29, 0.717) is 6.61 Å². The van der Waals surface area contributed by atoms with Gasteiger partial charge in [-0.25, -0.2) is 0 Å². The molecule has 23 heavy (non-hydrogen) atoms. The van der Waals surface area contributed by atoms with Crippen LogP contribution in [0.1, 0.15) is 45.3 Å². The Labute approximate surface area is 141 Å². The highest BCUT2D eigenvalue weighted by Gasteiger charge is 2.38. The molecule has 130 valence electrons. The Morgan fingerprint density at radius 1 is 1.39 bits per heavy atom. The van der Waals surface area contributed by atoms with Crippen molar-refractivity contribution < 1.29 is 14.3 Å². The first kappa shape index (κ1) is 18.6. The van der Waals surface area contributed by atoms with Gasteiger partial charge in [0, 0.05) is 24.9 Å². The lowest BCUT2D eigenvalue weighted by Gasteiger charge is -2.36.